The number of ether oxygens (including phenoxy) is 1. The van der Waals surface area contributed by atoms with Crippen LogP contribution in [0.25, 0.3) is 11.1 Å². The molecule has 0 heterocycles. The molecule has 0 radical (unpaired) electrons. The summed E-state index contributed by atoms with van der Waals surface area (Å²) < 4.78 is 20.0. The van der Waals surface area contributed by atoms with Crippen molar-refractivity contribution in [1.82, 2.24) is 5.32 Å². The number of carbonyl (C=O) groups excluding carboxylic acids is 2. The van der Waals surface area contributed by atoms with Gasteiger partial charge in [-0.2, -0.15) is 0 Å². The number of carboxylic acid groups (broad SMARTS) is 1. The molecule has 35 heavy (non-hydrogen) atoms. The number of nitrogens with one attached hydrogen (secondary N) is 2. The normalized spacial score (nSPS) is 13.8. The number of rotatable bonds is 7. The molecule has 3 N–H and O–H groups in total. The first-order valence-electron chi connectivity index (χ1n) is 11.2. The smallest absolute Gasteiger partial charge is 0.411 e. The molecule has 0 aromatic heterocycles. The Hall–Kier alpha value is -4.20. The topological polar surface area (TPSA) is 105 Å². The molecule has 0 spiro atoms. The monoisotopic (exact) mass is 476 g/mol. The summed E-state index contributed by atoms with van der Waals surface area (Å²) >= 11 is 0. The molecule has 8 heteroatoms. The van der Waals surface area contributed by atoms with Crippen molar-refractivity contribution >= 4 is 23.7 Å². The van der Waals surface area contributed by atoms with Crippen LogP contribution in [-0.4, -0.2) is 35.2 Å². The fourth-order valence-electron chi connectivity index (χ4n) is 4.12. The minimum absolute atomic E-state index is 0.0680. The fraction of sp³-hybridized carbons (Fsp3) is 0.222. The summed E-state index contributed by atoms with van der Waals surface area (Å²) in [5.41, 5.74) is 2.60. The third kappa shape index (κ3) is 4.73. The number of hydrogen-bond acceptors (Lipinski definition) is 4. The quantitative estimate of drug-likeness (QED) is 0.436. The molecule has 0 bridgehead atoms. The highest BCUT2D eigenvalue weighted by Gasteiger charge is 2.33. The van der Waals surface area contributed by atoms with Crippen LogP contribution in [0.3, 0.4) is 0 Å². The number of carboxylic acids is 1. The van der Waals surface area contributed by atoms with Gasteiger partial charge in [-0.15, -0.1) is 0 Å². The Bertz CT molecular complexity index is 1260. The zero-order chi connectivity index (χ0) is 25.2. The molecule has 0 fully saturated rings. The number of benzene rings is 3. The Kier molecular flexibility index (Phi) is 6.55. The van der Waals surface area contributed by atoms with Crippen LogP contribution in [-0.2, 0) is 9.53 Å². The van der Waals surface area contributed by atoms with E-state index in [1.807, 2.05) is 48.5 Å². The van der Waals surface area contributed by atoms with Gasteiger partial charge in [0, 0.05) is 11.5 Å². The molecule has 1 atom stereocenters. The zero-order valence-corrected chi connectivity index (χ0v) is 19.3. The third-order valence-corrected chi connectivity index (χ3v) is 6.38. The first-order valence-corrected chi connectivity index (χ1v) is 11.2. The van der Waals surface area contributed by atoms with Gasteiger partial charge in [-0.05, 0) is 53.8 Å². The molecule has 0 saturated heterocycles. The first-order chi connectivity index (χ1) is 16.7. The number of halogens is 1. The van der Waals surface area contributed by atoms with Crippen molar-refractivity contribution in [3.63, 3.8) is 0 Å². The van der Waals surface area contributed by atoms with Crippen LogP contribution < -0.4 is 10.6 Å². The van der Waals surface area contributed by atoms with Gasteiger partial charge >= 0.3 is 12.1 Å². The summed E-state index contributed by atoms with van der Waals surface area (Å²) in [6.45, 7) is 3.07. The van der Waals surface area contributed by atoms with Crippen LogP contribution in [0.4, 0.5) is 14.9 Å². The Morgan fingerprint density at radius 3 is 2.14 bits per heavy atom. The molecule has 0 aliphatic heterocycles. The van der Waals surface area contributed by atoms with Gasteiger partial charge in [0.1, 0.15) is 18.0 Å². The number of amides is 2. The second-order valence-corrected chi connectivity index (χ2v) is 8.59. The van der Waals surface area contributed by atoms with Crippen molar-refractivity contribution < 1.29 is 28.6 Å². The number of aliphatic carboxylic acids is 1. The molecule has 3 aromatic rings. The summed E-state index contributed by atoms with van der Waals surface area (Å²) in [7, 11) is 0. The number of fused-ring (bicyclic) bond motifs is 3. The molecule has 7 nitrogen and oxygen atoms in total. The Labute approximate surface area is 201 Å². The second kappa shape index (κ2) is 9.58. The molecule has 1 unspecified atom stereocenters. The molecule has 3 aromatic carbocycles. The van der Waals surface area contributed by atoms with Crippen molar-refractivity contribution in [3.8, 4) is 11.1 Å². The van der Waals surface area contributed by atoms with Gasteiger partial charge in [-0.3, -0.25) is 10.1 Å². The SMILES string of the molecule is CCC(C)(NC(=O)c1ccc(NC(=O)OCC2c3ccccc3-c3ccccc32)c(F)c1)C(=O)O. The van der Waals surface area contributed by atoms with E-state index in [0.717, 1.165) is 28.3 Å². The molecule has 1 aliphatic rings. The molecule has 2 amide bonds. The van der Waals surface area contributed by atoms with E-state index in [2.05, 4.69) is 10.6 Å². The maximum Gasteiger partial charge on any atom is 0.411 e. The highest BCUT2D eigenvalue weighted by Crippen LogP contribution is 2.44. The van der Waals surface area contributed by atoms with Crippen LogP contribution in [0, 0.1) is 5.82 Å². The van der Waals surface area contributed by atoms with Crippen molar-refractivity contribution in [3.05, 3.63) is 89.2 Å². The minimum Gasteiger partial charge on any atom is -0.480 e. The van der Waals surface area contributed by atoms with E-state index < -0.39 is 29.3 Å². The predicted molar refractivity (Wildman–Crippen MR) is 129 cm³/mol. The van der Waals surface area contributed by atoms with Crippen LogP contribution >= 0.6 is 0 Å². The average molecular weight is 477 g/mol. The van der Waals surface area contributed by atoms with Gasteiger partial charge in [0.25, 0.3) is 5.91 Å². The van der Waals surface area contributed by atoms with Crippen molar-refractivity contribution in [2.75, 3.05) is 11.9 Å². The maximum absolute atomic E-state index is 14.6. The van der Waals surface area contributed by atoms with Crippen molar-refractivity contribution in [1.29, 1.82) is 0 Å². The lowest BCUT2D eigenvalue weighted by Gasteiger charge is -2.24. The van der Waals surface area contributed by atoms with Gasteiger partial charge in [0.2, 0.25) is 0 Å². The van der Waals surface area contributed by atoms with E-state index in [-0.39, 0.29) is 30.2 Å². The number of anilines is 1. The van der Waals surface area contributed by atoms with Gasteiger partial charge in [0.05, 0.1) is 5.69 Å². The summed E-state index contributed by atoms with van der Waals surface area (Å²) in [5, 5.41) is 14.1. The summed E-state index contributed by atoms with van der Waals surface area (Å²) in [4.78, 5) is 36.2. The molecular formula is C27H25FN2O5. The summed E-state index contributed by atoms with van der Waals surface area (Å²) in [6.07, 6.45) is -0.676. The average Bonchev–Trinajstić information content (AvgIpc) is 3.17. The van der Waals surface area contributed by atoms with E-state index in [1.54, 1.807) is 6.92 Å². The van der Waals surface area contributed by atoms with Gasteiger partial charge < -0.3 is 15.2 Å². The summed E-state index contributed by atoms with van der Waals surface area (Å²) in [6, 6.07) is 19.3. The van der Waals surface area contributed by atoms with Crippen LogP contribution in [0.1, 0.15) is 47.7 Å². The van der Waals surface area contributed by atoms with E-state index in [0.29, 0.717) is 0 Å². The highest BCUT2D eigenvalue weighted by atomic mass is 19.1. The van der Waals surface area contributed by atoms with Gasteiger partial charge in [0.15, 0.2) is 0 Å². The molecule has 1 aliphatic carbocycles. The van der Waals surface area contributed by atoms with Gasteiger partial charge in [-0.25, -0.2) is 14.0 Å². The van der Waals surface area contributed by atoms with Crippen molar-refractivity contribution in [2.24, 2.45) is 0 Å². The first kappa shape index (κ1) is 23.9. The predicted octanol–water partition coefficient (Wildman–Crippen LogP) is 5.17. The van der Waals surface area contributed by atoms with E-state index in [9.17, 15) is 23.9 Å². The number of carbonyl (C=O) groups is 3. The molecule has 180 valence electrons. The van der Waals surface area contributed by atoms with Crippen LogP contribution in [0.15, 0.2) is 66.7 Å². The zero-order valence-electron chi connectivity index (χ0n) is 19.3. The van der Waals surface area contributed by atoms with E-state index in [1.165, 1.54) is 19.1 Å². The Balaban J connectivity index is 1.41. The van der Waals surface area contributed by atoms with E-state index >= 15 is 0 Å². The molecular weight excluding hydrogens is 451 g/mol. The summed E-state index contributed by atoms with van der Waals surface area (Å²) in [5.74, 6) is -2.91. The minimum atomic E-state index is -1.48. The van der Waals surface area contributed by atoms with E-state index in [4.69, 9.17) is 4.74 Å². The van der Waals surface area contributed by atoms with Crippen LogP contribution in [0.2, 0.25) is 0 Å². The fourth-order valence-corrected chi connectivity index (χ4v) is 4.12. The second-order valence-electron chi connectivity index (χ2n) is 8.59. The Morgan fingerprint density at radius 1 is 1.00 bits per heavy atom. The lowest BCUT2D eigenvalue weighted by Crippen LogP contribution is -2.51. The standard InChI is InChI=1S/C27H25FN2O5/c1-3-27(2,25(32)33)30-24(31)16-12-13-23(22(28)14-16)29-26(34)35-15-21-19-10-6-4-8-17(19)18-9-5-7-11-20(18)21/h4-14,21H,3,15H2,1-2H3,(H,29,34)(H,30,31)(H,32,33). The van der Waals surface area contributed by atoms with Gasteiger partial charge in [-0.1, -0.05) is 55.5 Å². The lowest BCUT2D eigenvalue weighted by atomic mass is 9.98. The molecule has 0 saturated carbocycles. The molecule has 4 rings (SSSR count). The van der Waals surface area contributed by atoms with Crippen molar-refractivity contribution in [2.45, 2.75) is 31.7 Å². The van der Waals surface area contributed by atoms with Crippen LogP contribution in [0.5, 0.6) is 0 Å². The lowest BCUT2D eigenvalue weighted by molar-refractivity contribution is -0.143. The number of hydrogen-bond donors (Lipinski definition) is 3. The maximum atomic E-state index is 14.6. The highest BCUT2D eigenvalue weighted by molar-refractivity contribution is 5.98. The Morgan fingerprint density at radius 2 is 1.60 bits per heavy atom. The third-order valence-electron chi connectivity index (χ3n) is 6.38. The largest absolute Gasteiger partial charge is 0.480 e.